The molecule has 0 aliphatic carbocycles. The Morgan fingerprint density at radius 1 is 1.55 bits per heavy atom. The normalized spacial score (nSPS) is 10.3. The van der Waals surface area contributed by atoms with Crippen molar-refractivity contribution in [1.29, 1.82) is 0 Å². The third-order valence-corrected chi connectivity index (χ3v) is 4.09. The number of methoxy groups -OCH3 is 1. The molecule has 2 aromatic heterocycles. The molecule has 7 nitrogen and oxygen atoms in total. The fourth-order valence-corrected chi connectivity index (χ4v) is 2.95. The minimum absolute atomic E-state index is 0.169. The minimum atomic E-state index is -0.231. The van der Waals surface area contributed by atoms with Crippen LogP contribution in [0.2, 0.25) is 0 Å². The van der Waals surface area contributed by atoms with E-state index < -0.39 is 0 Å². The van der Waals surface area contributed by atoms with E-state index in [4.69, 9.17) is 9.15 Å². The van der Waals surface area contributed by atoms with Gasteiger partial charge in [-0.2, -0.15) is 0 Å². The number of rotatable bonds is 5. The molecule has 0 saturated heterocycles. The average Bonchev–Trinajstić information content (AvgIpc) is 2.83. The zero-order chi connectivity index (χ0) is 14.5. The van der Waals surface area contributed by atoms with E-state index in [0.29, 0.717) is 21.0 Å². The lowest BCUT2D eigenvalue weighted by Crippen LogP contribution is -2.04. The number of nitrogens with one attached hydrogen (secondary N) is 1. The molecule has 0 aromatic carbocycles. The van der Waals surface area contributed by atoms with Crippen molar-refractivity contribution in [1.82, 2.24) is 10.2 Å². The van der Waals surface area contributed by atoms with E-state index in [2.05, 4.69) is 15.5 Å². The molecule has 1 amide bonds. The molecule has 0 radical (unpaired) electrons. The Morgan fingerprint density at radius 2 is 2.35 bits per heavy atom. The predicted octanol–water partition coefficient (Wildman–Crippen LogP) is 1.75. The SMILES string of the molecule is COc1coc(CSc2nnc(NC(C)=O)s2)cc1=O. The first-order chi connectivity index (χ1) is 9.58. The van der Waals surface area contributed by atoms with Crippen LogP contribution in [0.1, 0.15) is 12.7 Å². The van der Waals surface area contributed by atoms with E-state index in [1.54, 1.807) is 0 Å². The summed E-state index contributed by atoms with van der Waals surface area (Å²) in [7, 11) is 1.41. The fourth-order valence-electron chi connectivity index (χ4n) is 1.27. The summed E-state index contributed by atoms with van der Waals surface area (Å²) in [6, 6.07) is 1.38. The van der Waals surface area contributed by atoms with E-state index in [0.717, 1.165) is 0 Å². The molecule has 2 rings (SSSR count). The van der Waals surface area contributed by atoms with Gasteiger partial charge in [-0.25, -0.2) is 0 Å². The van der Waals surface area contributed by atoms with Crippen molar-refractivity contribution in [3.8, 4) is 5.75 Å². The molecule has 0 aliphatic heterocycles. The average molecular weight is 313 g/mol. The molecule has 106 valence electrons. The zero-order valence-corrected chi connectivity index (χ0v) is 12.3. The highest BCUT2D eigenvalue weighted by Gasteiger charge is 2.08. The second-order valence-corrected chi connectivity index (χ2v) is 5.82. The Morgan fingerprint density at radius 3 is 3.00 bits per heavy atom. The summed E-state index contributed by atoms with van der Waals surface area (Å²) in [6.45, 7) is 1.40. The van der Waals surface area contributed by atoms with Crippen LogP contribution in [0.25, 0.3) is 0 Å². The first kappa shape index (κ1) is 14.5. The van der Waals surface area contributed by atoms with E-state index >= 15 is 0 Å². The molecule has 0 atom stereocenters. The largest absolute Gasteiger partial charge is 0.490 e. The highest BCUT2D eigenvalue weighted by atomic mass is 32.2. The third kappa shape index (κ3) is 3.81. The van der Waals surface area contributed by atoms with Gasteiger partial charge in [0.2, 0.25) is 22.2 Å². The van der Waals surface area contributed by atoms with Gasteiger partial charge in [-0.15, -0.1) is 10.2 Å². The Hall–Kier alpha value is -1.87. The van der Waals surface area contributed by atoms with Crippen molar-refractivity contribution in [3.05, 3.63) is 28.3 Å². The number of thioether (sulfide) groups is 1. The number of hydrogen-bond acceptors (Lipinski definition) is 8. The van der Waals surface area contributed by atoms with Crippen molar-refractivity contribution >= 4 is 34.1 Å². The topological polar surface area (TPSA) is 94.3 Å². The number of ether oxygens (including phenoxy) is 1. The van der Waals surface area contributed by atoms with Crippen LogP contribution in [-0.4, -0.2) is 23.2 Å². The summed E-state index contributed by atoms with van der Waals surface area (Å²) in [5.74, 6) is 0.923. The number of anilines is 1. The maximum Gasteiger partial charge on any atom is 0.227 e. The quantitative estimate of drug-likeness (QED) is 0.663. The van der Waals surface area contributed by atoms with Gasteiger partial charge >= 0.3 is 0 Å². The molecule has 0 fully saturated rings. The third-order valence-electron chi connectivity index (χ3n) is 2.10. The summed E-state index contributed by atoms with van der Waals surface area (Å²) >= 11 is 2.62. The Kier molecular flexibility index (Phi) is 4.74. The van der Waals surface area contributed by atoms with E-state index in [1.165, 1.54) is 49.5 Å². The van der Waals surface area contributed by atoms with Gasteiger partial charge in [0.1, 0.15) is 12.0 Å². The Bertz CT molecular complexity index is 668. The van der Waals surface area contributed by atoms with Crippen LogP contribution in [0.15, 0.2) is 25.9 Å². The second-order valence-electron chi connectivity index (χ2n) is 3.62. The zero-order valence-electron chi connectivity index (χ0n) is 10.7. The van der Waals surface area contributed by atoms with Crippen LogP contribution >= 0.6 is 23.1 Å². The second kappa shape index (κ2) is 6.53. The van der Waals surface area contributed by atoms with Crippen LogP contribution < -0.4 is 15.5 Å². The summed E-state index contributed by atoms with van der Waals surface area (Å²) in [5.41, 5.74) is -0.231. The maximum absolute atomic E-state index is 11.5. The van der Waals surface area contributed by atoms with Gasteiger partial charge in [-0.1, -0.05) is 23.1 Å². The van der Waals surface area contributed by atoms with Gasteiger partial charge in [0, 0.05) is 13.0 Å². The van der Waals surface area contributed by atoms with Crippen molar-refractivity contribution in [3.63, 3.8) is 0 Å². The van der Waals surface area contributed by atoms with Crippen molar-refractivity contribution in [2.45, 2.75) is 17.0 Å². The molecule has 0 aliphatic rings. The summed E-state index contributed by atoms with van der Waals surface area (Å²) in [4.78, 5) is 22.4. The molecule has 2 aromatic rings. The summed E-state index contributed by atoms with van der Waals surface area (Å²) < 4.78 is 10.8. The summed E-state index contributed by atoms with van der Waals surface area (Å²) in [6.07, 6.45) is 1.28. The van der Waals surface area contributed by atoms with E-state index in [9.17, 15) is 9.59 Å². The fraction of sp³-hybridized carbons (Fsp3) is 0.273. The maximum atomic E-state index is 11.5. The lowest BCUT2D eigenvalue weighted by molar-refractivity contribution is -0.114. The minimum Gasteiger partial charge on any atom is -0.490 e. The standard InChI is InChI=1S/C11H11N3O4S2/c1-6(15)12-10-13-14-11(20-10)19-5-7-3-8(16)9(17-2)4-18-7/h3-4H,5H2,1-2H3,(H,12,13,15). The van der Waals surface area contributed by atoms with Crippen LogP contribution in [0.5, 0.6) is 5.75 Å². The predicted molar refractivity (Wildman–Crippen MR) is 75.3 cm³/mol. The highest BCUT2D eigenvalue weighted by molar-refractivity contribution is 8.00. The first-order valence-electron chi connectivity index (χ1n) is 5.48. The molecule has 9 heteroatoms. The molecule has 0 bridgehead atoms. The van der Waals surface area contributed by atoms with Crippen molar-refractivity contribution in [2.75, 3.05) is 12.4 Å². The van der Waals surface area contributed by atoms with Gasteiger partial charge in [-0.05, 0) is 0 Å². The van der Waals surface area contributed by atoms with Crippen molar-refractivity contribution in [2.24, 2.45) is 0 Å². The monoisotopic (exact) mass is 313 g/mol. The van der Waals surface area contributed by atoms with Crippen molar-refractivity contribution < 1.29 is 13.9 Å². The number of carbonyl (C=O) groups excluding carboxylic acids is 1. The first-order valence-corrected chi connectivity index (χ1v) is 7.28. The van der Waals surface area contributed by atoms with Crippen LogP contribution in [0.4, 0.5) is 5.13 Å². The lowest BCUT2D eigenvalue weighted by Gasteiger charge is -2.00. The van der Waals surface area contributed by atoms with Gasteiger partial charge in [0.15, 0.2) is 4.34 Å². The Labute approximate surface area is 122 Å². The van der Waals surface area contributed by atoms with Gasteiger partial charge in [0.25, 0.3) is 0 Å². The van der Waals surface area contributed by atoms with Crippen LogP contribution in [0.3, 0.4) is 0 Å². The molecular formula is C11H11N3O4S2. The molecule has 0 spiro atoms. The van der Waals surface area contributed by atoms with E-state index in [-0.39, 0.29) is 17.1 Å². The van der Waals surface area contributed by atoms with Gasteiger partial charge < -0.3 is 14.5 Å². The molecule has 0 saturated carbocycles. The van der Waals surface area contributed by atoms with Gasteiger partial charge in [-0.3, -0.25) is 9.59 Å². The number of nitrogens with zero attached hydrogens (tertiary/aromatic N) is 2. The number of amides is 1. The molecule has 0 unspecified atom stereocenters. The molecule has 1 N–H and O–H groups in total. The Balaban J connectivity index is 1.98. The van der Waals surface area contributed by atoms with E-state index in [1.807, 2.05) is 0 Å². The molecular weight excluding hydrogens is 302 g/mol. The number of hydrogen-bond donors (Lipinski definition) is 1. The molecule has 20 heavy (non-hydrogen) atoms. The highest BCUT2D eigenvalue weighted by Crippen LogP contribution is 2.28. The number of carbonyl (C=O) groups is 1. The smallest absolute Gasteiger partial charge is 0.227 e. The van der Waals surface area contributed by atoms with Crippen LogP contribution in [-0.2, 0) is 10.5 Å². The van der Waals surface area contributed by atoms with Gasteiger partial charge in [0.05, 0.1) is 12.9 Å². The molecule has 2 heterocycles. The lowest BCUT2D eigenvalue weighted by atomic mass is 10.4. The summed E-state index contributed by atoms with van der Waals surface area (Å²) in [5, 5.41) is 10.7. The number of aromatic nitrogens is 2. The van der Waals surface area contributed by atoms with Crippen LogP contribution in [0, 0.1) is 0 Å².